The summed E-state index contributed by atoms with van der Waals surface area (Å²) in [5, 5.41) is 4.03. The molecule has 9 nitrogen and oxygen atoms in total. The van der Waals surface area contributed by atoms with Crippen molar-refractivity contribution in [3.05, 3.63) is 20.8 Å². The van der Waals surface area contributed by atoms with Crippen molar-refractivity contribution >= 4 is 45.8 Å². The molecule has 12 heteroatoms. The highest BCUT2D eigenvalue weighted by atomic mass is 79.9. The standard InChI is InChI=1S/C16H22BrFN6O3S/c1-5-10-11(12(25)23-14(24(10)28-18)19-13(17)20-23)21-6-8-22(9-7-21)15(26)27-16(2,3)4/h5-9H2,1-4H3. The lowest BCUT2D eigenvalue weighted by Crippen LogP contribution is -2.51. The van der Waals surface area contributed by atoms with Gasteiger partial charge in [0, 0.05) is 26.2 Å². The number of ether oxygens (including phenoxy) is 1. The maximum Gasteiger partial charge on any atom is 0.410 e. The van der Waals surface area contributed by atoms with Crippen LogP contribution in [0.4, 0.5) is 14.4 Å². The van der Waals surface area contributed by atoms with Crippen LogP contribution in [-0.4, -0.2) is 61.3 Å². The van der Waals surface area contributed by atoms with E-state index in [2.05, 4.69) is 26.0 Å². The number of hydrogen-bond acceptors (Lipinski definition) is 7. The normalized spacial score (nSPS) is 15.4. The second-order valence-electron chi connectivity index (χ2n) is 7.36. The van der Waals surface area contributed by atoms with E-state index in [1.54, 1.807) is 4.90 Å². The number of carbonyl (C=O) groups excluding carboxylic acids is 1. The number of hydrogen-bond donors (Lipinski definition) is 0. The Balaban J connectivity index is 1.92. The predicted molar refractivity (Wildman–Crippen MR) is 108 cm³/mol. The van der Waals surface area contributed by atoms with E-state index >= 15 is 0 Å². The zero-order valence-electron chi connectivity index (χ0n) is 16.1. The van der Waals surface area contributed by atoms with Crippen LogP contribution < -0.4 is 10.5 Å². The second-order valence-corrected chi connectivity index (χ2v) is 8.58. The summed E-state index contributed by atoms with van der Waals surface area (Å²) in [6, 6.07) is 0. The van der Waals surface area contributed by atoms with Gasteiger partial charge in [0.25, 0.3) is 5.56 Å². The minimum Gasteiger partial charge on any atom is -0.444 e. The molecule has 0 aromatic carbocycles. The van der Waals surface area contributed by atoms with E-state index < -0.39 is 5.60 Å². The van der Waals surface area contributed by atoms with E-state index in [9.17, 15) is 13.5 Å². The van der Waals surface area contributed by atoms with Crippen LogP contribution in [0.2, 0.25) is 0 Å². The van der Waals surface area contributed by atoms with E-state index in [1.165, 1.54) is 3.97 Å². The smallest absolute Gasteiger partial charge is 0.410 e. The summed E-state index contributed by atoms with van der Waals surface area (Å²) < 4.78 is 21.7. The van der Waals surface area contributed by atoms with E-state index in [4.69, 9.17) is 4.74 Å². The Kier molecular flexibility index (Phi) is 5.89. The van der Waals surface area contributed by atoms with Gasteiger partial charge < -0.3 is 14.5 Å². The second kappa shape index (κ2) is 7.90. The van der Waals surface area contributed by atoms with Crippen molar-refractivity contribution in [2.75, 3.05) is 31.1 Å². The van der Waals surface area contributed by atoms with Gasteiger partial charge in [-0.3, -0.25) is 4.79 Å². The van der Waals surface area contributed by atoms with Crippen molar-refractivity contribution in [2.45, 2.75) is 39.7 Å². The lowest BCUT2D eigenvalue weighted by atomic mass is 10.2. The van der Waals surface area contributed by atoms with Crippen molar-refractivity contribution in [3.63, 3.8) is 0 Å². The van der Waals surface area contributed by atoms with Crippen molar-refractivity contribution in [1.29, 1.82) is 0 Å². The highest BCUT2D eigenvalue weighted by molar-refractivity contribution is 9.10. The van der Waals surface area contributed by atoms with E-state index in [0.717, 1.165) is 4.52 Å². The molecule has 1 fully saturated rings. The topological polar surface area (TPSA) is 85.0 Å². The summed E-state index contributed by atoms with van der Waals surface area (Å²) in [6.07, 6.45) is 0.0598. The molecule has 0 radical (unpaired) electrons. The average molecular weight is 477 g/mol. The van der Waals surface area contributed by atoms with Crippen molar-refractivity contribution in [3.8, 4) is 0 Å². The minimum atomic E-state index is -0.568. The van der Waals surface area contributed by atoms with Crippen LogP contribution in [0.3, 0.4) is 0 Å². The number of carbonyl (C=O) groups is 1. The van der Waals surface area contributed by atoms with Crippen LogP contribution in [0.15, 0.2) is 9.53 Å². The predicted octanol–water partition coefficient (Wildman–Crippen LogP) is 2.65. The number of halogens is 2. The number of aromatic nitrogens is 4. The van der Waals surface area contributed by atoms with Gasteiger partial charge in [0.15, 0.2) is 12.3 Å². The maximum absolute atomic E-state index is 13.7. The fraction of sp³-hybridized carbons (Fsp3) is 0.625. The maximum atomic E-state index is 13.7. The number of piperazine rings is 1. The third-order valence-electron chi connectivity index (χ3n) is 4.31. The van der Waals surface area contributed by atoms with Crippen LogP contribution in [0.1, 0.15) is 33.4 Å². The third kappa shape index (κ3) is 3.97. The van der Waals surface area contributed by atoms with E-state index in [0.29, 0.717) is 44.0 Å². The van der Waals surface area contributed by atoms with Crippen molar-refractivity contribution < 1.29 is 13.4 Å². The molecule has 0 bridgehead atoms. The fourth-order valence-electron chi connectivity index (χ4n) is 3.13. The first-order valence-corrected chi connectivity index (χ1v) is 10.3. The molecule has 2 aromatic rings. The molecule has 0 saturated carbocycles. The van der Waals surface area contributed by atoms with Crippen molar-refractivity contribution in [1.82, 2.24) is 23.5 Å². The summed E-state index contributed by atoms with van der Waals surface area (Å²) in [4.78, 5) is 32.9. The third-order valence-corrected chi connectivity index (χ3v) is 5.17. The molecule has 1 amide bonds. The monoisotopic (exact) mass is 476 g/mol. The number of rotatable bonds is 3. The molecule has 1 aliphatic heterocycles. The quantitative estimate of drug-likeness (QED) is 0.672. The van der Waals surface area contributed by atoms with Crippen LogP contribution in [0, 0.1) is 0 Å². The molecule has 0 atom stereocenters. The molecule has 1 saturated heterocycles. The Morgan fingerprint density at radius 1 is 1.29 bits per heavy atom. The van der Waals surface area contributed by atoms with Gasteiger partial charge in [-0.2, -0.15) is 9.50 Å². The highest BCUT2D eigenvalue weighted by Gasteiger charge is 2.30. The molecule has 154 valence electrons. The molecule has 0 N–H and O–H groups in total. The van der Waals surface area contributed by atoms with Crippen LogP contribution in [0.25, 0.3) is 5.78 Å². The van der Waals surface area contributed by atoms with Gasteiger partial charge in [-0.15, -0.1) is 8.98 Å². The van der Waals surface area contributed by atoms with E-state index in [1.807, 2.05) is 32.6 Å². The van der Waals surface area contributed by atoms with Gasteiger partial charge in [0.1, 0.15) is 11.3 Å². The highest BCUT2D eigenvalue weighted by Crippen LogP contribution is 2.26. The van der Waals surface area contributed by atoms with Gasteiger partial charge in [-0.25, -0.2) is 8.77 Å². The number of amides is 1. The number of nitrogens with zero attached hydrogens (tertiary/aromatic N) is 6. The van der Waals surface area contributed by atoms with Gasteiger partial charge in [-0.05, 0) is 43.1 Å². The summed E-state index contributed by atoms with van der Waals surface area (Å²) in [7, 11) is 0. The van der Waals surface area contributed by atoms with Gasteiger partial charge >= 0.3 is 6.09 Å². The SMILES string of the molecule is CCc1c(N2CCN(C(=O)OC(C)(C)C)CC2)c(=O)n2nc(Br)nc2n1SF. The Morgan fingerprint density at radius 2 is 1.93 bits per heavy atom. The number of anilines is 1. The van der Waals surface area contributed by atoms with Gasteiger partial charge in [0.2, 0.25) is 10.5 Å². The summed E-state index contributed by atoms with van der Waals surface area (Å²) in [5.74, 6) is 0.123. The fourth-order valence-corrected chi connectivity index (χ4v) is 3.92. The lowest BCUT2D eigenvalue weighted by molar-refractivity contribution is 0.0240. The largest absolute Gasteiger partial charge is 0.444 e. The zero-order valence-corrected chi connectivity index (χ0v) is 18.5. The van der Waals surface area contributed by atoms with Crippen LogP contribution in [-0.2, 0) is 11.2 Å². The van der Waals surface area contributed by atoms with Crippen molar-refractivity contribution in [2.24, 2.45) is 0 Å². The minimum absolute atomic E-state index is 0.0161. The van der Waals surface area contributed by atoms with E-state index in [-0.39, 0.29) is 34.5 Å². The zero-order chi connectivity index (χ0) is 20.6. The van der Waals surface area contributed by atoms with Gasteiger partial charge in [0.05, 0.1) is 5.69 Å². The first-order valence-electron chi connectivity index (χ1n) is 8.88. The molecular weight excluding hydrogens is 455 g/mol. The summed E-state index contributed by atoms with van der Waals surface area (Å²) in [6.45, 7) is 8.97. The Hall–Kier alpha value is -1.82. The Morgan fingerprint density at radius 3 is 2.46 bits per heavy atom. The molecular formula is C16H22BrFN6O3S. The Bertz CT molecular complexity index is 948. The Labute approximate surface area is 174 Å². The van der Waals surface area contributed by atoms with Crippen LogP contribution >= 0.6 is 28.3 Å². The first kappa shape index (κ1) is 20.9. The molecule has 0 unspecified atom stereocenters. The van der Waals surface area contributed by atoms with Crippen LogP contribution in [0.5, 0.6) is 0 Å². The molecule has 1 aliphatic rings. The lowest BCUT2D eigenvalue weighted by Gasteiger charge is -2.37. The molecule has 3 heterocycles. The molecule has 0 spiro atoms. The molecule has 28 heavy (non-hydrogen) atoms. The first-order chi connectivity index (χ1) is 13.2. The molecule has 0 aliphatic carbocycles. The average Bonchev–Trinajstić information content (AvgIpc) is 3.02. The van der Waals surface area contributed by atoms with Gasteiger partial charge in [-0.1, -0.05) is 6.92 Å². The summed E-state index contributed by atoms with van der Waals surface area (Å²) >= 11 is 3.12. The molecule has 2 aromatic heterocycles. The molecule has 3 rings (SSSR count). The number of fused-ring (bicyclic) bond motifs is 1. The summed E-state index contributed by atoms with van der Waals surface area (Å²) in [5.41, 5.74) is -0.0284.